The SMILES string of the molecule is Cc1cc(Oc2ccc(CCN)cn2)ccc1Cl. The molecule has 1 heterocycles. The van der Waals surface area contributed by atoms with Gasteiger partial charge in [0.1, 0.15) is 5.75 Å². The first-order valence-electron chi connectivity index (χ1n) is 5.78. The summed E-state index contributed by atoms with van der Waals surface area (Å²) in [6.07, 6.45) is 2.61. The Balaban J connectivity index is 2.10. The van der Waals surface area contributed by atoms with Crippen LogP contribution >= 0.6 is 11.6 Å². The predicted molar refractivity (Wildman–Crippen MR) is 73.3 cm³/mol. The molecule has 0 spiro atoms. The molecule has 18 heavy (non-hydrogen) atoms. The summed E-state index contributed by atoms with van der Waals surface area (Å²) in [6, 6.07) is 9.34. The molecule has 2 N–H and O–H groups in total. The number of hydrogen-bond acceptors (Lipinski definition) is 3. The topological polar surface area (TPSA) is 48.1 Å². The number of pyridine rings is 1. The minimum Gasteiger partial charge on any atom is -0.439 e. The first kappa shape index (κ1) is 12.9. The maximum atomic E-state index is 5.96. The molecule has 0 aliphatic carbocycles. The van der Waals surface area contributed by atoms with E-state index in [4.69, 9.17) is 22.1 Å². The molecule has 1 aromatic heterocycles. The largest absolute Gasteiger partial charge is 0.439 e. The Hall–Kier alpha value is -1.58. The van der Waals surface area contributed by atoms with Crippen LogP contribution in [-0.2, 0) is 6.42 Å². The van der Waals surface area contributed by atoms with E-state index in [0.717, 1.165) is 28.3 Å². The zero-order chi connectivity index (χ0) is 13.0. The van der Waals surface area contributed by atoms with Gasteiger partial charge in [-0.3, -0.25) is 0 Å². The molecule has 0 saturated heterocycles. The summed E-state index contributed by atoms with van der Waals surface area (Å²) in [7, 11) is 0. The number of halogens is 1. The molecule has 94 valence electrons. The van der Waals surface area contributed by atoms with Gasteiger partial charge in [0.05, 0.1) is 0 Å². The minimum absolute atomic E-state index is 0.567. The smallest absolute Gasteiger partial charge is 0.219 e. The lowest BCUT2D eigenvalue weighted by molar-refractivity contribution is 0.462. The molecule has 0 radical (unpaired) electrons. The molecular formula is C14H15ClN2O. The Bertz CT molecular complexity index is 526. The molecular weight excluding hydrogens is 248 g/mol. The fraction of sp³-hybridized carbons (Fsp3) is 0.214. The third kappa shape index (κ3) is 3.22. The molecule has 0 aliphatic heterocycles. The van der Waals surface area contributed by atoms with E-state index in [0.29, 0.717) is 12.4 Å². The van der Waals surface area contributed by atoms with E-state index < -0.39 is 0 Å². The first-order valence-corrected chi connectivity index (χ1v) is 6.16. The third-order valence-electron chi connectivity index (χ3n) is 2.58. The molecule has 0 aliphatic rings. The number of hydrogen-bond donors (Lipinski definition) is 1. The first-order chi connectivity index (χ1) is 8.69. The molecule has 0 fully saturated rings. The highest BCUT2D eigenvalue weighted by atomic mass is 35.5. The van der Waals surface area contributed by atoms with Crippen LogP contribution in [0.25, 0.3) is 0 Å². The zero-order valence-electron chi connectivity index (χ0n) is 10.2. The molecule has 0 saturated carbocycles. The maximum Gasteiger partial charge on any atom is 0.219 e. The van der Waals surface area contributed by atoms with Gasteiger partial charge in [-0.25, -0.2) is 4.98 Å². The molecule has 1 aromatic carbocycles. The summed E-state index contributed by atoms with van der Waals surface area (Å²) < 4.78 is 5.65. The summed E-state index contributed by atoms with van der Waals surface area (Å²) in [5.41, 5.74) is 7.57. The van der Waals surface area contributed by atoms with E-state index >= 15 is 0 Å². The number of nitrogens with two attached hydrogens (primary N) is 1. The van der Waals surface area contributed by atoms with Crippen LogP contribution in [0.4, 0.5) is 0 Å². The lowest BCUT2D eigenvalue weighted by atomic mass is 10.2. The summed E-state index contributed by atoms with van der Waals surface area (Å²) in [5.74, 6) is 1.30. The Labute approximate surface area is 112 Å². The van der Waals surface area contributed by atoms with Gasteiger partial charge in [-0.1, -0.05) is 17.7 Å². The van der Waals surface area contributed by atoms with Crippen molar-refractivity contribution in [3.63, 3.8) is 0 Å². The van der Waals surface area contributed by atoms with Crippen molar-refractivity contribution in [3.05, 3.63) is 52.7 Å². The standard InChI is InChI=1S/C14H15ClN2O/c1-10-8-12(3-4-13(10)15)18-14-5-2-11(6-7-16)9-17-14/h2-5,8-9H,6-7,16H2,1H3. The van der Waals surface area contributed by atoms with E-state index in [-0.39, 0.29) is 0 Å². The number of ether oxygens (including phenoxy) is 1. The van der Waals surface area contributed by atoms with Crippen molar-refractivity contribution in [2.75, 3.05) is 6.54 Å². The molecule has 0 amide bonds. The Morgan fingerprint density at radius 2 is 2.11 bits per heavy atom. The number of aromatic nitrogens is 1. The van der Waals surface area contributed by atoms with Gasteiger partial charge in [0, 0.05) is 17.3 Å². The van der Waals surface area contributed by atoms with Crippen molar-refractivity contribution in [3.8, 4) is 11.6 Å². The van der Waals surface area contributed by atoms with Crippen molar-refractivity contribution >= 4 is 11.6 Å². The van der Waals surface area contributed by atoms with Crippen LogP contribution in [0.3, 0.4) is 0 Å². The Morgan fingerprint density at radius 3 is 2.72 bits per heavy atom. The maximum absolute atomic E-state index is 5.96. The van der Waals surface area contributed by atoms with E-state index in [9.17, 15) is 0 Å². The van der Waals surface area contributed by atoms with Gasteiger partial charge in [0.2, 0.25) is 5.88 Å². The van der Waals surface area contributed by atoms with Gasteiger partial charge < -0.3 is 10.5 Å². The van der Waals surface area contributed by atoms with Crippen molar-refractivity contribution < 1.29 is 4.74 Å². The van der Waals surface area contributed by atoms with Crippen LogP contribution in [0.15, 0.2) is 36.5 Å². The lowest BCUT2D eigenvalue weighted by Crippen LogP contribution is -2.02. The molecule has 0 bridgehead atoms. The Kier molecular flexibility index (Phi) is 4.18. The monoisotopic (exact) mass is 262 g/mol. The van der Waals surface area contributed by atoms with Crippen LogP contribution in [-0.4, -0.2) is 11.5 Å². The highest BCUT2D eigenvalue weighted by Gasteiger charge is 2.01. The average molecular weight is 263 g/mol. The summed E-state index contributed by atoms with van der Waals surface area (Å²) in [4.78, 5) is 4.23. The van der Waals surface area contributed by atoms with Crippen LogP contribution in [0, 0.1) is 6.92 Å². The fourth-order valence-corrected chi connectivity index (χ4v) is 1.70. The molecule has 2 rings (SSSR count). The van der Waals surface area contributed by atoms with Crippen molar-refractivity contribution in [2.45, 2.75) is 13.3 Å². The van der Waals surface area contributed by atoms with Gasteiger partial charge in [-0.05, 0) is 49.2 Å². The average Bonchev–Trinajstić information content (AvgIpc) is 2.37. The molecule has 0 atom stereocenters. The highest BCUT2D eigenvalue weighted by molar-refractivity contribution is 6.31. The summed E-state index contributed by atoms with van der Waals surface area (Å²) in [5, 5.41) is 0.730. The van der Waals surface area contributed by atoms with Gasteiger partial charge in [0.15, 0.2) is 0 Å². The van der Waals surface area contributed by atoms with Crippen molar-refractivity contribution in [1.29, 1.82) is 0 Å². The number of nitrogens with zero attached hydrogens (tertiary/aromatic N) is 1. The van der Waals surface area contributed by atoms with Gasteiger partial charge in [-0.15, -0.1) is 0 Å². The predicted octanol–water partition coefficient (Wildman–Crippen LogP) is 3.34. The number of benzene rings is 1. The normalized spacial score (nSPS) is 10.4. The molecule has 2 aromatic rings. The zero-order valence-corrected chi connectivity index (χ0v) is 10.9. The second kappa shape index (κ2) is 5.85. The quantitative estimate of drug-likeness (QED) is 0.919. The Morgan fingerprint density at radius 1 is 1.28 bits per heavy atom. The minimum atomic E-state index is 0.567. The van der Waals surface area contributed by atoms with E-state index in [1.54, 1.807) is 6.20 Å². The van der Waals surface area contributed by atoms with Crippen LogP contribution < -0.4 is 10.5 Å². The molecule has 0 unspecified atom stereocenters. The summed E-state index contributed by atoms with van der Waals surface area (Å²) in [6.45, 7) is 2.56. The van der Waals surface area contributed by atoms with Crippen molar-refractivity contribution in [2.24, 2.45) is 5.73 Å². The summed E-state index contributed by atoms with van der Waals surface area (Å²) >= 11 is 5.96. The van der Waals surface area contributed by atoms with Crippen LogP contribution in [0.5, 0.6) is 11.6 Å². The van der Waals surface area contributed by atoms with Crippen molar-refractivity contribution in [1.82, 2.24) is 4.98 Å². The van der Waals surface area contributed by atoms with E-state index in [1.807, 2.05) is 37.3 Å². The van der Waals surface area contributed by atoms with E-state index in [1.165, 1.54) is 0 Å². The number of rotatable bonds is 4. The van der Waals surface area contributed by atoms with E-state index in [2.05, 4.69) is 4.98 Å². The third-order valence-corrected chi connectivity index (χ3v) is 3.01. The highest BCUT2D eigenvalue weighted by Crippen LogP contribution is 2.24. The number of aryl methyl sites for hydroxylation is 1. The molecule has 3 nitrogen and oxygen atoms in total. The van der Waals surface area contributed by atoms with Gasteiger partial charge in [-0.2, -0.15) is 0 Å². The van der Waals surface area contributed by atoms with Crippen LogP contribution in [0.2, 0.25) is 5.02 Å². The second-order valence-corrected chi connectivity index (χ2v) is 4.46. The van der Waals surface area contributed by atoms with Crippen LogP contribution in [0.1, 0.15) is 11.1 Å². The van der Waals surface area contributed by atoms with Gasteiger partial charge >= 0.3 is 0 Å². The second-order valence-electron chi connectivity index (χ2n) is 4.06. The lowest BCUT2D eigenvalue weighted by Gasteiger charge is -2.07. The fourth-order valence-electron chi connectivity index (χ4n) is 1.59. The van der Waals surface area contributed by atoms with Gasteiger partial charge in [0.25, 0.3) is 0 Å². The molecule has 4 heteroatoms.